The van der Waals surface area contributed by atoms with Crippen molar-refractivity contribution in [2.45, 2.75) is 17.6 Å². The van der Waals surface area contributed by atoms with Gasteiger partial charge in [0.15, 0.2) is 15.6 Å². The number of ketones is 1. The van der Waals surface area contributed by atoms with Crippen molar-refractivity contribution >= 4 is 27.2 Å². The number of hydrogen-bond donors (Lipinski definition) is 0. The van der Waals surface area contributed by atoms with Gasteiger partial charge in [-0.3, -0.25) is 4.79 Å². The number of halogens is 1. The van der Waals surface area contributed by atoms with Gasteiger partial charge in [-0.1, -0.05) is 41.9 Å². The Bertz CT molecular complexity index is 843. The largest absolute Gasteiger partial charge is 0.292 e. The van der Waals surface area contributed by atoms with Gasteiger partial charge < -0.3 is 0 Å². The SMILES string of the molecule is CS(=O)(=O)C1(Cc2ccccc2)Cc2cc(Cl)ccc2C1=O. The molecule has 0 spiro atoms. The predicted octanol–water partition coefficient (Wildman–Crippen LogP) is 3.10. The number of benzene rings is 2. The number of carbonyl (C=O) groups excluding carboxylic acids is 1. The second-order valence-corrected chi connectivity index (χ2v) is 8.50. The van der Waals surface area contributed by atoms with Crippen LogP contribution in [0, 0.1) is 0 Å². The fourth-order valence-corrected chi connectivity index (χ4v) is 4.55. The van der Waals surface area contributed by atoms with Crippen molar-refractivity contribution in [2.75, 3.05) is 6.26 Å². The zero-order chi connectivity index (χ0) is 16.0. The Morgan fingerprint density at radius 3 is 2.45 bits per heavy atom. The summed E-state index contributed by atoms with van der Waals surface area (Å²) in [6.07, 6.45) is 1.49. The molecular formula is C17H15ClO3S. The lowest BCUT2D eigenvalue weighted by Crippen LogP contribution is -2.46. The summed E-state index contributed by atoms with van der Waals surface area (Å²) in [6.45, 7) is 0. The highest BCUT2D eigenvalue weighted by molar-refractivity contribution is 7.93. The quantitative estimate of drug-likeness (QED) is 0.866. The summed E-state index contributed by atoms with van der Waals surface area (Å²) in [7, 11) is -3.58. The van der Waals surface area contributed by atoms with E-state index < -0.39 is 14.6 Å². The predicted molar refractivity (Wildman–Crippen MR) is 87.2 cm³/mol. The topological polar surface area (TPSA) is 51.2 Å². The molecule has 22 heavy (non-hydrogen) atoms. The molecule has 0 radical (unpaired) electrons. The van der Waals surface area contributed by atoms with Crippen molar-refractivity contribution < 1.29 is 13.2 Å². The summed E-state index contributed by atoms with van der Waals surface area (Å²) in [5.41, 5.74) is 2.00. The molecule has 0 saturated carbocycles. The maximum atomic E-state index is 12.9. The van der Waals surface area contributed by atoms with Gasteiger partial charge in [-0.25, -0.2) is 8.42 Å². The Morgan fingerprint density at radius 1 is 1.14 bits per heavy atom. The summed E-state index contributed by atoms with van der Waals surface area (Å²) in [5, 5.41) is 0.510. The van der Waals surface area contributed by atoms with Gasteiger partial charge in [0.1, 0.15) is 4.75 Å². The molecule has 0 saturated heterocycles. The van der Waals surface area contributed by atoms with Crippen LogP contribution < -0.4 is 0 Å². The minimum atomic E-state index is -3.58. The van der Waals surface area contributed by atoms with Crippen molar-refractivity contribution in [2.24, 2.45) is 0 Å². The van der Waals surface area contributed by atoms with Crippen molar-refractivity contribution in [3.05, 3.63) is 70.2 Å². The number of carbonyl (C=O) groups is 1. The Morgan fingerprint density at radius 2 is 1.82 bits per heavy atom. The normalized spacial score (nSPS) is 20.9. The number of fused-ring (bicyclic) bond motifs is 1. The summed E-state index contributed by atoms with van der Waals surface area (Å²) in [4.78, 5) is 12.9. The third-order valence-corrected chi connectivity index (χ3v) is 6.37. The third kappa shape index (κ3) is 2.36. The van der Waals surface area contributed by atoms with Crippen LogP contribution in [0.5, 0.6) is 0 Å². The second kappa shape index (κ2) is 5.21. The molecule has 0 N–H and O–H groups in total. The van der Waals surface area contributed by atoms with Crippen LogP contribution in [0.1, 0.15) is 21.5 Å². The molecule has 3 nitrogen and oxygen atoms in total. The van der Waals surface area contributed by atoms with Gasteiger partial charge in [0.2, 0.25) is 0 Å². The standard InChI is InChI=1S/C17H15ClO3S/c1-22(20,21)17(10-12-5-3-2-4-6-12)11-13-9-14(18)7-8-15(13)16(17)19/h2-9H,10-11H2,1H3. The lowest BCUT2D eigenvalue weighted by molar-refractivity contribution is 0.0952. The molecular weight excluding hydrogens is 320 g/mol. The van der Waals surface area contributed by atoms with Crippen LogP contribution in [0.3, 0.4) is 0 Å². The Labute approximate surface area is 134 Å². The average Bonchev–Trinajstić information content (AvgIpc) is 2.73. The van der Waals surface area contributed by atoms with E-state index in [1.807, 2.05) is 30.3 Å². The van der Waals surface area contributed by atoms with E-state index in [1.54, 1.807) is 18.2 Å². The second-order valence-electron chi connectivity index (χ2n) is 5.74. The van der Waals surface area contributed by atoms with E-state index in [-0.39, 0.29) is 18.6 Å². The van der Waals surface area contributed by atoms with Gasteiger partial charge in [0, 0.05) is 23.3 Å². The molecule has 0 aliphatic heterocycles. The van der Waals surface area contributed by atoms with E-state index >= 15 is 0 Å². The molecule has 0 bridgehead atoms. The van der Waals surface area contributed by atoms with Gasteiger partial charge in [0.05, 0.1) is 0 Å². The molecule has 3 rings (SSSR count). The first-order valence-corrected chi connectivity index (χ1v) is 9.17. The van der Waals surface area contributed by atoms with Gasteiger partial charge in [-0.15, -0.1) is 0 Å². The number of Topliss-reactive ketones (excluding diaryl/α,β-unsaturated/α-hetero) is 1. The zero-order valence-electron chi connectivity index (χ0n) is 12.0. The summed E-state index contributed by atoms with van der Waals surface area (Å²) < 4.78 is 23.5. The Hall–Kier alpha value is -1.65. The Balaban J connectivity index is 2.13. The molecule has 0 aromatic heterocycles. The molecule has 0 amide bonds. The number of hydrogen-bond acceptors (Lipinski definition) is 3. The van der Waals surface area contributed by atoms with Crippen LogP contribution in [0.25, 0.3) is 0 Å². The minimum absolute atomic E-state index is 0.176. The van der Waals surface area contributed by atoms with E-state index in [0.29, 0.717) is 16.1 Å². The highest BCUT2D eigenvalue weighted by Crippen LogP contribution is 2.39. The molecule has 114 valence electrons. The number of rotatable bonds is 3. The molecule has 0 heterocycles. The molecule has 1 aliphatic carbocycles. The van der Waals surface area contributed by atoms with Crippen LogP contribution in [0.15, 0.2) is 48.5 Å². The maximum Gasteiger partial charge on any atom is 0.184 e. The first-order chi connectivity index (χ1) is 10.3. The van der Waals surface area contributed by atoms with Crippen molar-refractivity contribution in [1.29, 1.82) is 0 Å². The van der Waals surface area contributed by atoms with Crippen molar-refractivity contribution in [3.8, 4) is 0 Å². The molecule has 0 fully saturated rings. The molecule has 2 aromatic rings. The van der Waals surface area contributed by atoms with E-state index in [1.165, 1.54) is 0 Å². The third-order valence-electron chi connectivity index (χ3n) is 4.24. The highest BCUT2D eigenvalue weighted by Gasteiger charge is 2.53. The van der Waals surface area contributed by atoms with Gasteiger partial charge >= 0.3 is 0 Å². The van der Waals surface area contributed by atoms with Gasteiger partial charge in [-0.05, 0) is 35.7 Å². The number of sulfone groups is 1. The van der Waals surface area contributed by atoms with E-state index in [9.17, 15) is 13.2 Å². The lowest BCUT2D eigenvalue weighted by atomic mass is 9.94. The van der Waals surface area contributed by atoms with Crippen molar-refractivity contribution in [1.82, 2.24) is 0 Å². The van der Waals surface area contributed by atoms with Crippen molar-refractivity contribution in [3.63, 3.8) is 0 Å². The first kappa shape index (κ1) is 15.3. The monoisotopic (exact) mass is 334 g/mol. The summed E-state index contributed by atoms with van der Waals surface area (Å²) >= 11 is 5.98. The Kier molecular flexibility index (Phi) is 3.62. The molecule has 1 aliphatic rings. The first-order valence-electron chi connectivity index (χ1n) is 6.90. The van der Waals surface area contributed by atoms with Gasteiger partial charge in [0.25, 0.3) is 0 Å². The highest BCUT2D eigenvalue weighted by atomic mass is 35.5. The van der Waals surface area contributed by atoms with Crippen LogP contribution in [-0.2, 0) is 22.7 Å². The van der Waals surface area contributed by atoms with Crippen LogP contribution >= 0.6 is 11.6 Å². The molecule has 2 aromatic carbocycles. The summed E-state index contributed by atoms with van der Waals surface area (Å²) in [6, 6.07) is 14.2. The zero-order valence-corrected chi connectivity index (χ0v) is 13.6. The van der Waals surface area contributed by atoms with E-state index in [4.69, 9.17) is 11.6 Å². The maximum absolute atomic E-state index is 12.9. The van der Waals surface area contributed by atoms with E-state index in [2.05, 4.69) is 0 Å². The summed E-state index contributed by atoms with van der Waals surface area (Å²) in [5.74, 6) is -0.328. The smallest absolute Gasteiger partial charge is 0.184 e. The van der Waals surface area contributed by atoms with Crippen LogP contribution in [0.4, 0.5) is 0 Å². The van der Waals surface area contributed by atoms with Gasteiger partial charge in [-0.2, -0.15) is 0 Å². The van der Waals surface area contributed by atoms with E-state index in [0.717, 1.165) is 11.8 Å². The molecule has 1 atom stereocenters. The lowest BCUT2D eigenvalue weighted by Gasteiger charge is -2.25. The van der Waals surface area contributed by atoms with Crippen LogP contribution in [-0.4, -0.2) is 25.2 Å². The minimum Gasteiger partial charge on any atom is -0.292 e. The van der Waals surface area contributed by atoms with Crippen LogP contribution in [0.2, 0.25) is 5.02 Å². The molecule has 5 heteroatoms. The molecule has 1 unspecified atom stereocenters. The average molecular weight is 335 g/mol. The fourth-order valence-electron chi connectivity index (χ4n) is 3.06. The fraction of sp³-hybridized carbons (Fsp3) is 0.235.